The molecule has 2 N–H and O–H groups in total. The van der Waals surface area contributed by atoms with E-state index < -0.39 is 0 Å². The minimum Gasteiger partial charge on any atom is -0.496 e. The maximum Gasteiger partial charge on any atom is 0.256 e. The van der Waals surface area contributed by atoms with Crippen molar-refractivity contribution in [1.29, 1.82) is 0 Å². The smallest absolute Gasteiger partial charge is 0.256 e. The highest BCUT2D eigenvalue weighted by molar-refractivity contribution is 7.98. The molecule has 0 spiro atoms. The number of thioether (sulfide) groups is 1. The predicted molar refractivity (Wildman–Crippen MR) is 80.2 cm³/mol. The molecule has 0 atom stereocenters. The molecule has 3 rings (SSSR count). The van der Waals surface area contributed by atoms with Crippen molar-refractivity contribution in [3.05, 3.63) is 51.4 Å². The molecule has 104 valence electrons. The van der Waals surface area contributed by atoms with Gasteiger partial charge in [0.2, 0.25) is 5.95 Å². The van der Waals surface area contributed by atoms with E-state index in [-0.39, 0.29) is 5.56 Å². The third-order valence-electron chi connectivity index (χ3n) is 3.23. The van der Waals surface area contributed by atoms with Gasteiger partial charge in [0.1, 0.15) is 5.75 Å². The number of para-hydroxylation sites is 1. The molecule has 0 fully saturated rings. The molecule has 0 radical (unpaired) electrons. The van der Waals surface area contributed by atoms with E-state index in [0.29, 0.717) is 12.5 Å². The molecular formula is C14H15N3O2S. The van der Waals surface area contributed by atoms with Gasteiger partial charge in [-0.25, -0.2) is 4.98 Å². The Morgan fingerprint density at radius 2 is 2.25 bits per heavy atom. The van der Waals surface area contributed by atoms with Gasteiger partial charge in [0, 0.05) is 29.2 Å². The Kier molecular flexibility index (Phi) is 3.64. The molecular weight excluding hydrogens is 274 g/mol. The first-order valence-electron chi connectivity index (χ1n) is 6.33. The number of ether oxygens (including phenoxy) is 1. The summed E-state index contributed by atoms with van der Waals surface area (Å²) in [5.74, 6) is 2.90. The molecule has 20 heavy (non-hydrogen) atoms. The van der Waals surface area contributed by atoms with Crippen molar-refractivity contribution < 1.29 is 4.74 Å². The van der Waals surface area contributed by atoms with Gasteiger partial charge in [0.25, 0.3) is 5.56 Å². The molecule has 0 unspecified atom stereocenters. The summed E-state index contributed by atoms with van der Waals surface area (Å²) in [7, 11) is 1.64. The van der Waals surface area contributed by atoms with Gasteiger partial charge in [-0.2, -0.15) is 11.8 Å². The van der Waals surface area contributed by atoms with Crippen LogP contribution in [0.2, 0.25) is 0 Å². The highest BCUT2D eigenvalue weighted by atomic mass is 32.2. The first-order chi connectivity index (χ1) is 9.78. The number of hydrogen-bond donors (Lipinski definition) is 2. The van der Waals surface area contributed by atoms with E-state index in [1.54, 1.807) is 18.9 Å². The summed E-state index contributed by atoms with van der Waals surface area (Å²) >= 11 is 1.72. The summed E-state index contributed by atoms with van der Waals surface area (Å²) in [5.41, 5.74) is 2.68. The van der Waals surface area contributed by atoms with Crippen molar-refractivity contribution in [3.8, 4) is 5.75 Å². The number of anilines is 1. The second kappa shape index (κ2) is 5.58. The lowest BCUT2D eigenvalue weighted by molar-refractivity contribution is 0.410. The summed E-state index contributed by atoms with van der Waals surface area (Å²) in [5, 5.41) is 3.15. The number of methoxy groups -OCH3 is 1. The van der Waals surface area contributed by atoms with E-state index >= 15 is 0 Å². The van der Waals surface area contributed by atoms with E-state index in [9.17, 15) is 4.79 Å². The van der Waals surface area contributed by atoms with Crippen molar-refractivity contribution >= 4 is 17.7 Å². The Hall–Kier alpha value is -1.95. The maximum atomic E-state index is 11.9. The highest BCUT2D eigenvalue weighted by Crippen LogP contribution is 2.26. The van der Waals surface area contributed by atoms with Crippen LogP contribution in [0.15, 0.2) is 29.1 Å². The van der Waals surface area contributed by atoms with Crippen LogP contribution >= 0.6 is 11.8 Å². The molecule has 6 heteroatoms. The summed E-state index contributed by atoms with van der Waals surface area (Å²) in [6.45, 7) is 0.554. The van der Waals surface area contributed by atoms with Gasteiger partial charge in [-0.15, -0.1) is 0 Å². The zero-order chi connectivity index (χ0) is 13.9. The van der Waals surface area contributed by atoms with Crippen LogP contribution in [0.1, 0.15) is 16.8 Å². The molecule has 1 aliphatic rings. The fraction of sp³-hybridized carbons (Fsp3) is 0.286. The fourth-order valence-corrected chi connectivity index (χ4v) is 3.21. The Morgan fingerprint density at radius 3 is 3.10 bits per heavy atom. The van der Waals surface area contributed by atoms with Gasteiger partial charge < -0.3 is 10.1 Å². The second-order valence-corrected chi connectivity index (χ2v) is 5.48. The summed E-state index contributed by atoms with van der Waals surface area (Å²) in [6.07, 6.45) is 0. The van der Waals surface area contributed by atoms with Crippen molar-refractivity contribution in [2.24, 2.45) is 0 Å². The highest BCUT2D eigenvalue weighted by Gasteiger charge is 2.17. The number of nitrogens with zero attached hydrogens (tertiary/aromatic N) is 1. The van der Waals surface area contributed by atoms with Gasteiger partial charge in [-0.05, 0) is 6.07 Å². The van der Waals surface area contributed by atoms with Gasteiger partial charge >= 0.3 is 0 Å². The topological polar surface area (TPSA) is 67.0 Å². The Labute approximate surface area is 120 Å². The number of H-pyrrole nitrogens is 1. The van der Waals surface area contributed by atoms with Crippen LogP contribution in [-0.2, 0) is 18.1 Å². The molecule has 1 aromatic carbocycles. The molecule has 0 bridgehead atoms. The SMILES string of the molecule is COc1ccccc1CNc1nc2c(c(=O)[nH]1)CSC2. The molecule has 5 nitrogen and oxygen atoms in total. The minimum atomic E-state index is -0.0393. The number of nitrogens with one attached hydrogen (secondary N) is 2. The molecule has 0 saturated carbocycles. The van der Waals surface area contributed by atoms with E-state index in [1.165, 1.54) is 0 Å². The predicted octanol–water partition coefficient (Wildman–Crippen LogP) is 2.14. The number of aromatic nitrogens is 2. The molecule has 2 heterocycles. The Bertz CT molecular complexity index is 684. The van der Waals surface area contributed by atoms with E-state index in [0.717, 1.165) is 34.1 Å². The first kappa shape index (κ1) is 13.1. The molecule has 0 amide bonds. The number of rotatable bonds is 4. The van der Waals surface area contributed by atoms with Crippen molar-refractivity contribution in [3.63, 3.8) is 0 Å². The van der Waals surface area contributed by atoms with Crippen LogP contribution in [0.4, 0.5) is 5.95 Å². The summed E-state index contributed by atoms with van der Waals surface area (Å²) < 4.78 is 5.30. The lowest BCUT2D eigenvalue weighted by Crippen LogP contribution is -2.17. The van der Waals surface area contributed by atoms with Crippen LogP contribution < -0.4 is 15.6 Å². The minimum absolute atomic E-state index is 0.0393. The van der Waals surface area contributed by atoms with Crippen LogP contribution in [0, 0.1) is 0 Å². The van der Waals surface area contributed by atoms with Gasteiger partial charge in [0.15, 0.2) is 0 Å². The van der Waals surface area contributed by atoms with Gasteiger partial charge in [-0.3, -0.25) is 9.78 Å². The Morgan fingerprint density at radius 1 is 1.40 bits per heavy atom. The average molecular weight is 289 g/mol. The number of fused-ring (bicyclic) bond motifs is 1. The third kappa shape index (κ3) is 2.51. The molecule has 1 aromatic heterocycles. The largest absolute Gasteiger partial charge is 0.496 e. The van der Waals surface area contributed by atoms with E-state index in [2.05, 4.69) is 15.3 Å². The van der Waals surface area contributed by atoms with Crippen molar-refractivity contribution in [2.45, 2.75) is 18.1 Å². The monoisotopic (exact) mass is 289 g/mol. The van der Waals surface area contributed by atoms with Crippen LogP contribution in [0.3, 0.4) is 0 Å². The van der Waals surface area contributed by atoms with E-state index in [4.69, 9.17) is 4.74 Å². The van der Waals surface area contributed by atoms with E-state index in [1.807, 2.05) is 24.3 Å². The quantitative estimate of drug-likeness (QED) is 0.902. The van der Waals surface area contributed by atoms with Crippen molar-refractivity contribution in [1.82, 2.24) is 9.97 Å². The normalized spacial score (nSPS) is 13.1. The Balaban J connectivity index is 1.79. The fourth-order valence-electron chi connectivity index (χ4n) is 2.17. The molecule has 2 aromatic rings. The molecule has 1 aliphatic heterocycles. The molecule has 0 aliphatic carbocycles. The zero-order valence-corrected chi connectivity index (χ0v) is 11.9. The maximum absolute atomic E-state index is 11.9. The average Bonchev–Trinajstić information content (AvgIpc) is 2.94. The summed E-state index contributed by atoms with van der Waals surface area (Å²) in [4.78, 5) is 19.1. The standard InChI is InChI=1S/C14H15N3O2S/c1-19-12-5-3-2-4-9(12)6-15-14-16-11-8-20-7-10(11)13(18)17-14/h2-5H,6-8H2,1H3,(H2,15,16,17,18). The molecule has 0 saturated heterocycles. The second-order valence-electron chi connectivity index (χ2n) is 4.50. The summed E-state index contributed by atoms with van der Waals surface area (Å²) in [6, 6.07) is 7.77. The number of hydrogen-bond acceptors (Lipinski definition) is 5. The van der Waals surface area contributed by atoms with Crippen LogP contribution in [-0.4, -0.2) is 17.1 Å². The van der Waals surface area contributed by atoms with Gasteiger partial charge in [0.05, 0.1) is 12.8 Å². The van der Waals surface area contributed by atoms with Crippen LogP contribution in [0.5, 0.6) is 5.75 Å². The number of benzene rings is 1. The third-order valence-corrected chi connectivity index (χ3v) is 4.20. The lowest BCUT2D eigenvalue weighted by Gasteiger charge is -2.10. The first-order valence-corrected chi connectivity index (χ1v) is 7.49. The van der Waals surface area contributed by atoms with Gasteiger partial charge in [-0.1, -0.05) is 18.2 Å². The zero-order valence-electron chi connectivity index (χ0n) is 11.1. The van der Waals surface area contributed by atoms with Crippen LogP contribution in [0.25, 0.3) is 0 Å². The lowest BCUT2D eigenvalue weighted by atomic mass is 10.2. The van der Waals surface area contributed by atoms with Crippen molar-refractivity contribution in [2.75, 3.05) is 12.4 Å². The number of aromatic amines is 1.